The van der Waals surface area contributed by atoms with Crippen molar-refractivity contribution in [2.45, 2.75) is 32.4 Å². The van der Waals surface area contributed by atoms with Crippen molar-refractivity contribution in [1.82, 2.24) is 24.4 Å². The quantitative estimate of drug-likeness (QED) is 0.384. The van der Waals surface area contributed by atoms with Gasteiger partial charge in [0.05, 0.1) is 19.0 Å². The van der Waals surface area contributed by atoms with Crippen LogP contribution in [0.25, 0.3) is 11.2 Å². The summed E-state index contributed by atoms with van der Waals surface area (Å²) in [5, 5.41) is 3.49. The first-order chi connectivity index (χ1) is 19.1. The number of hydrogen-bond acceptors (Lipinski definition) is 8. The van der Waals surface area contributed by atoms with Gasteiger partial charge in [0.1, 0.15) is 5.75 Å². The van der Waals surface area contributed by atoms with Crippen LogP contribution in [0.15, 0.2) is 60.9 Å². The number of amides is 1. The van der Waals surface area contributed by atoms with Crippen molar-refractivity contribution in [2.75, 3.05) is 49.5 Å². The molecule has 0 radical (unpaired) electrons. The molecule has 0 aliphatic carbocycles. The van der Waals surface area contributed by atoms with E-state index in [1.807, 2.05) is 24.5 Å². The van der Waals surface area contributed by atoms with E-state index in [1.165, 1.54) is 11.1 Å². The molecule has 2 aromatic heterocycles. The SMILES string of the molecule is Cc1cccc(Cn2cnc3c(NCC4CCCO4)nc(N4CCN(C(=O)Oc5ccccc5)CC4)nc32)c1. The molecule has 10 heteroatoms. The molecule has 1 amide bonds. The maximum Gasteiger partial charge on any atom is 0.415 e. The highest BCUT2D eigenvalue weighted by Crippen LogP contribution is 2.25. The Bertz CT molecular complexity index is 1430. The summed E-state index contributed by atoms with van der Waals surface area (Å²) in [6.45, 7) is 6.49. The van der Waals surface area contributed by atoms with Gasteiger partial charge >= 0.3 is 6.09 Å². The lowest BCUT2D eigenvalue weighted by atomic mass is 10.1. The van der Waals surface area contributed by atoms with Gasteiger partial charge in [-0.2, -0.15) is 9.97 Å². The van der Waals surface area contributed by atoms with Crippen molar-refractivity contribution in [1.29, 1.82) is 0 Å². The number of hydrogen-bond donors (Lipinski definition) is 1. The second kappa shape index (κ2) is 11.3. The number of nitrogens with zero attached hydrogens (tertiary/aromatic N) is 6. The molecule has 202 valence electrons. The van der Waals surface area contributed by atoms with Gasteiger partial charge in [-0.15, -0.1) is 0 Å². The highest BCUT2D eigenvalue weighted by Gasteiger charge is 2.26. The van der Waals surface area contributed by atoms with Crippen molar-refractivity contribution in [3.8, 4) is 5.75 Å². The number of rotatable bonds is 7. The second-order valence-electron chi connectivity index (χ2n) is 10.1. The zero-order valence-electron chi connectivity index (χ0n) is 22.1. The summed E-state index contributed by atoms with van der Waals surface area (Å²) < 4.78 is 13.4. The number of benzene rings is 2. The fourth-order valence-electron chi connectivity index (χ4n) is 5.08. The number of para-hydroxylation sites is 1. The molecule has 0 saturated carbocycles. The van der Waals surface area contributed by atoms with Crippen molar-refractivity contribution < 1.29 is 14.3 Å². The number of aromatic nitrogens is 4. The van der Waals surface area contributed by atoms with Crippen molar-refractivity contribution in [3.05, 3.63) is 72.1 Å². The van der Waals surface area contributed by atoms with Gasteiger partial charge in [-0.1, -0.05) is 48.0 Å². The summed E-state index contributed by atoms with van der Waals surface area (Å²) >= 11 is 0. The molecule has 10 nitrogen and oxygen atoms in total. The third-order valence-electron chi connectivity index (χ3n) is 7.18. The first-order valence-electron chi connectivity index (χ1n) is 13.5. The number of ether oxygens (including phenoxy) is 2. The van der Waals surface area contributed by atoms with Gasteiger partial charge in [0.2, 0.25) is 5.95 Å². The van der Waals surface area contributed by atoms with Crippen LogP contribution in [0.3, 0.4) is 0 Å². The van der Waals surface area contributed by atoms with E-state index in [0.717, 1.165) is 30.6 Å². The second-order valence-corrected chi connectivity index (χ2v) is 10.1. The lowest BCUT2D eigenvalue weighted by Gasteiger charge is -2.34. The van der Waals surface area contributed by atoms with Gasteiger partial charge < -0.3 is 29.2 Å². The molecule has 2 fully saturated rings. The molecule has 1 unspecified atom stereocenters. The van der Waals surface area contributed by atoms with E-state index in [9.17, 15) is 4.79 Å². The molecule has 39 heavy (non-hydrogen) atoms. The topological polar surface area (TPSA) is 97.6 Å². The van der Waals surface area contributed by atoms with E-state index < -0.39 is 0 Å². The average Bonchev–Trinajstić information content (AvgIpc) is 3.63. The lowest BCUT2D eigenvalue weighted by Crippen LogP contribution is -2.50. The molecule has 0 spiro atoms. The third kappa shape index (κ3) is 5.80. The minimum absolute atomic E-state index is 0.173. The Morgan fingerprint density at radius 3 is 2.69 bits per heavy atom. The lowest BCUT2D eigenvalue weighted by molar-refractivity contribution is 0.120. The van der Waals surface area contributed by atoms with Crippen LogP contribution in [-0.4, -0.2) is 75.9 Å². The van der Waals surface area contributed by atoms with Crippen molar-refractivity contribution in [2.24, 2.45) is 0 Å². The van der Waals surface area contributed by atoms with Crippen molar-refractivity contribution >= 4 is 29.0 Å². The van der Waals surface area contributed by atoms with Crippen LogP contribution >= 0.6 is 0 Å². The minimum atomic E-state index is -0.340. The largest absolute Gasteiger partial charge is 0.415 e. The molecule has 1 N–H and O–H groups in total. The molecule has 2 aliphatic rings. The maximum atomic E-state index is 12.7. The highest BCUT2D eigenvalue weighted by molar-refractivity contribution is 5.84. The normalized spacial score (nSPS) is 17.5. The fraction of sp³-hybridized carbons (Fsp3) is 0.379. The first kappa shape index (κ1) is 25.1. The van der Waals surface area contributed by atoms with Gasteiger partial charge in [0.15, 0.2) is 17.0 Å². The highest BCUT2D eigenvalue weighted by atomic mass is 16.6. The first-order valence-corrected chi connectivity index (χ1v) is 13.5. The molecule has 6 rings (SSSR count). The van der Waals surface area contributed by atoms with Crippen LogP contribution in [0.2, 0.25) is 0 Å². The smallest absolute Gasteiger partial charge is 0.410 e. The molecule has 2 aromatic carbocycles. The van der Waals surface area contributed by atoms with Crippen LogP contribution in [-0.2, 0) is 11.3 Å². The molecular formula is C29H33N7O3. The zero-order valence-corrected chi connectivity index (χ0v) is 22.1. The van der Waals surface area contributed by atoms with Gasteiger partial charge in [-0.25, -0.2) is 9.78 Å². The van der Waals surface area contributed by atoms with Gasteiger partial charge in [-0.3, -0.25) is 0 Å². The van der Waals surface area contributed by atoms with E-state index >= 15 is 0 Å². The van der Waals surface area contributed by atoms with E-state index in [2.05, 4.69) is 46.0 Å². The molecule has 4 aromatic rings. The van der Waals surface area contributed by atoms with Crippen LogP contribution in [0.1, 0.15) is 24.0 Å². The average molecular weight is 528 g/mol. The monoisotopic (exact) mass is 527 g/mol. The number of carbonyl (C=O) groups excluding carboxylic acids is 1. The van der Waals surface area contributed by atoms with Gasteiger partial charge in [0, 0.05) is 39.3 Å². The third-order valence-corrected chi connectivity index (χ3v) is 7.18. The van der Waals surface area contributed by atoms with Crippen molar-refractivity contribution in [3.63, 3.8) is 0 Å². The van der Waals surface area contributed by atoms with Gasteiger partial charge in [-0.05, 0) is 37.5 Å². The van der Waals surface area contributed by atoms with Crippen LogP contribution in [0, 0.1) is 6.92 Å². The predicted molar refractivity (Wildman–Crippen MR) is 149 cm³/mol. The molecule has 4 heterocycles. The Morgan fingerprint density at radius 1 is 1.08 bits per heavy atom. The Morgan fingerprint density at radius 2 is 1.92 bits per heavy atom. The van der Waals surface area contributed by atoms with Crippen LogP contribution in [0.5, 0.6) is 5.75 Å². The number of nitrogens with one attached hydrogen (secondary N) is 1. The Labute approximate surface area is 227 Å². The van der Waals surface area contributed by atoms with Crippen LogP contribution < -0.4 is 15.0 Å². The zero-order chi connectivity index (χ0) is 26.6. The Kier molecular flexibility index (Phi) is 7.27. The van der Waals surface area contributed by atoms with E-state index in [1.54, 1.807) is 17.0 Å². The summed E-state index contributed by atoms with van der Waals surface area (Å²) in [7, 11) is 0. The summed E-state index contributed by atoms with van der Waals surface area (Å²) in [4.78, 5) is 31.1. The fourth-order valence-corrected chi connectivity index (χ4v) is 5.08. The number of piperazine rings is 1. The molecule has 2 aliphatic heterocycles. The van der Waals surface area contributed by atoms with E-state index in [0.29, 0.717) is 56.8 Å². The number of fused-ring (bicyclic) bond motifs is 1. The number of anilines is 2. The van der Waals surface area contributed by atoms with Crippen LogP contribution in [0.4, 0.5) is 16.6 Å². The molecule has 2 saturated heterocycles. The number of imidazole rings is 1. The standard InChI is InChI=1S/C29H33N7O3/c1-21-7-5-8-22(17-21)19-36-20-31-25-26(30-18-24-11-6-16-38-24)32-28(33-27(25)36)34-12-14-35(15-13-34)29(37)39-23-9-3-2-4-10-23/h2-5,7-10,17,20,24H,6,11-16,18-19H2,1H3,(H,30,32,33). The van der Waals surface area contributed by atoms with E-state index in [4.69, 9.17) is 24.4 Å². The summed E-state index contributed by atoms with van der Waals surface area (Å²) in [6, 6.07) is 17.6. The predicted octanol–water partition coefficient (Wildman–Crippen LogP) is 4.09. The Balaban J connectivity index is 1.22. The number of carbonyl (C=O) groups is 1. The summed E-state index contributed by atoms with van der Waals surface area (Å²) in [5.41, 5.74) is 3.93. The summed E-state index contributed by atoms with van der Waals surface area (Å²) in [6.07, 6.45) is 3.79. The molecule has 1 atom stereocenters. The molecular weight excluding hydrogens is 494 g/mol. The summed E-state index contributed by atoms with van der Waals surface area (Å²) in [5.74, 6) is 1.88. The Hall–Kier alpha value is -4.18. The minimum Gasteiger partial charge on any atom is -0.410 e. The maximum absolute atomic E-state index is 12.7. The number of aryl methyl sites for hydroxylation is 1. The van der Waals surface area contributed by atoms with E-state index in [-0.39, 0.29) is 12.2 Å². The molecule has 0 bridgehead atoms. The van der Waals surface area contributed by atoms with Gasteiger partial charge in [0.25, 0.3) is 0 Å².